The molecular formula is C20H26N2O7. The molecule has 29 heavy (non-hydrogen) atoms. The summed E-state index contributed by atoms with van der Waals surface area (Å²) in [6.45, 7) is 3.52. The highest BCUT2D eigenvalue weighted by Crippen LogP contribution is 2.51. The van der Waals surface area contributed by atoms with Crippen LogP contribution in [0.5, 0.6) is 17.2 Å². The van der Waals surface area contributed by atoms with E-state index in [2.05, 4.69) is 0 Å². The SMILES string of the molecule is CCOC(=O)[C@@H]1c2c(c(OC)c(C)c(OC)c2OC)C[C@H]2C(=O)N(C)CC(=O)N12. The zero-order valence-electron chi connectivity index (χ0n) is 17.5. The molecule has 0 unspecified atom stereocenters. The number of carbonyl (C=O) groups is 3. The first-order chi connectivity index (χ1) is 13.8. The lowest BCUT2D eigenvalue weighted by Gasteiger charge is -2.46. The van der Waals surface area contributed by atoms with Gasteiger partial charge < -0.3 is 28.7 Å². The van der Waals surface area contributed by atoms with Gasteiger partial charge in [0.25, 0.3) is 0 Å². The first-order valence-electron chi connectivity index (χ1n) is 9.36. The number of amides is 2. The van der Waals surface area contributed by atoms with E-state index in [4.69, 9.17) is 18.9 Å². The van der Waals surface area contributed by atoms with Gasteiger partial charge in [-0.15, -0.1) is 0 Å². The number of fused-ring (bicyclic) bond motifs is 2. The normalized spacial score (nSPS) is 20.8. The number of ether oxygens (including phenoxy) is 4. The van der Waals surface area contributed by atoms with Crippen LogP contribution in [0.4, 0.5) is 0 Å². The van der Waals surface area contributed by atoms with E-state index in [0.29, 0.717) is 33.9 Å². The molecule has 1 aromatic carbocycles. The van der Waals surface area contributed by atoms with E-state index in [9.17, 15) is 14.4 Å². The highest BCUT2D eigenvalue weighted by Gasteiger charge is 2.51. The molecule has 2 amide bonds. The molecule has 0 spiro atoms. The summed E-state index contributed by atoms with van der Waals surface area (Å²) < 4.78 is 22.0. The van der Waals surface area contributed by atoms with Crippen molar-refractivity contribution in [2.75, 3.05) is 41.5 Å². The van der Waals surface area contributed by atoms with Crippen LogP contribution < -0.4 is 14.2 Å². The average molecular weight is 406 g/mol. The third-order valence-electron chi connectivity index (χ3n) is 5.46. The maximum absolute atomic E-state index is 13.0. The lowest BCUT2D eigenvalue weighted by molar-refractivity contribution is -0.167. The van der Waals surface area contributed by atoms with Gasteiger partial charge in [-0.3, -0.25) is 9.59 Å². The van der Waals surface area contributed by atoms with E-state index >= 15 is 0 Å². The number of likely N-dealkylation sites (N-methyl/N-ethyl adjacent to an activating group) is 1. The molecule has 1 saturated heterocycles. The van der Waals surface area contributed by atoms with Crippen LogP contribution in [0.1, 0.15) is 29.7 Å². The number of carbonyl (C=O) groups excluding carboxylic acids is 3. The molecular weight excluding hydrogens is 380 g/mol. The van der Waals surface area contributed by atoms with Crippen molar-refractivity contribution in [2.45, 2.75) is 32.4 Å². The Bertz CT molecular complexity index is 867. The van der Waals surface area contributed by atoms with Crippen LogP contribution in [0.3, 0.4) is 0 Å². The molecule has 1 aromatic rings. The molecule has 2 aliphatic rings. The summed E-state index contributed by atoms with van der Waals surface area (Å²) in [4.78, 5) is 41.5. The fraction of sp³-hybridized carbons (Fsp3) is 0.550. The third-order valence-corrected chi connectivity index (χ3v) is 5.46. The monoisotopic (exact) mass is 406 g/mol. The van der Waals surface area contributed by atoms with Gasteiger partial charge in [-0.2, -0.15) is 0 Å². The molecule has 2 heterocycles. The fourth-order valence-corrected chi connectivity index (χ4v) is 4.30. The number of nitrogens with zero attached hydrogens (tertiary/aromatic N) is 2. The van der Waals surface area contributed by atoms with Crippen molar-refractivity contribution in [3.63, 3.8) is 0 Å². The van der Waals surface area contributed by atoms with Crippen molar-refractivity contribution in [3.05, 3.63) is 16.7 Å². The molecule has 0 aromatic heterocycles. The Morgan fingerprint density at radius 2 is 1.69 bits per heavy atom. The highest BCUT2D eigenvalue weighted by atomic mass is 16.5. The van der Waals surface area contributed by atoms with Crippen molar-refractivity contribution in [3.8, 4) is 17.2 Å². The number of esters is 1. The zero-order chi connectivity index (χ0) is 21.5. The predicted octanol–water partition coefficient (Wildman–Crippen LogP) is 0.850. The largest absolute Gasteiger partial charge is 0.496 e. The summed E-state index contributed by atoms with van der Waals surface area (Å²) in [5.41, 5.74) is 1.76. The molecule has 2 atom stereocenters. The number of methoxy groups -OCH3 is 3. The smallest absolute Gasteiger partial charge is 0.333 e. The van der Waals surface area contributed by atoms with Gasteiger partial charge >= 0.3 is 5.97 Å². The third kappa shape index (κ3) is 3.04. The lowest BCUT2D eigenvalue weighted by Crippen LogP contribution is -2.63. The second kappa shape index (κ2) is 7.81. The maximum Gasteiger partial charge on any atom is 0.333 e. The molecule has 0 N–H and O–H groups in total. The van der Waals surface area contributed by atoms with Gasteiger partial charge in [0.2, 0.25) is 11.8 Å². The van der Waals surface area contributed by atoms with E-state index < -0.39 is 18.1 Å². The Balaban J connectivity index is 2.36. The molecule has 0 aliphatic carbocycles. The van der Waals surface area contributed by atoms with Gasteiger partial charge in [-0.25, -0.2) is 4.79 Å². The number of hydrogen-bond donors (Lipinski definition) is 0. The van der Waals surface area contributed by atoms with Crippen LogP contribution >= 0.6 is 0 Å². The van der Waals surface area contributed by atoms with E-state index in [1.165, 1.54) is 31.1 Å². The van der Waals surface area contributed by atoms with E-state index in [1.807, 2.05) is 6.92 Å². The Labute approximate surface area is 169 Å². The van der Waals surface area contributed by atoms with Gasteiger partial charge in [0.15, 0.2) is 17.5 Å². The summed E-state index contributed by atoms with van der Waals surface area (Å²) in [6, 6.07) is -1.96. The zero-order valence-corrected chi connectivity index (χ0v) is 17.5. The Hall–Kier alpha value is -2.97. The highest BCUT2D eigenvalue weighted by molar-refractivity contribution is 5.99. The predicted molar refractivity (Wildman–Crippen MR) is 102 cm³/mol. The molecule has 0 saturated carbocycles. The van der Waals surface area contributed by atoms with Crippen molar-refractivity contribution in [1.29, 1.82) is 0 Å². The minimum atomic E-state index is -1.13. The maximum atomic E-state index is 13.0. The molecule has 0 bridgehead atoms. The molecule has 3 rings (SSSR count). The molecule has 158 valence electrons. The van der Waals surface area contributed by atoms with Crippen LogP contribution in [0.15, 0.2) is 0 Å². The van der Waals surface area contributed by atoms with E-state index in [0.717, 1.165) is 0 Å². The van der Waals surface area contributed by atoms with Crippen LogP contribution in [-0.2, 0) is 25.5 Å². The summed E-state index contributed by atoms with van der Waals surface area (Å²) in [5, 5.41) is 0. The number of piperazine rings is 1. The Morgan fingerprint density at radius 3 is 2.24 bits per heavy atom. The Kier molecular flexibility index (Phi) is 5.59. The minimum Gasteiger partial charge on any atom is -0.496 e. The molecule has 0 radical (unpaired) electrons. The summed E-state index contributed by atoms with van der Waals surface area (Å²) in [6.07, 6.45) is 0.199. The van der Waals surface area contributed by atoms with Crippen molar-refractivity contribution in [2.24, 2.45) is 0 Å². The average Bonchev–Trinajstić information content (AvgIpc) is 2.69. The van der Waals surface area contributed by atoms with Gasteiger partial charge in [0.1, 0.15) is 11.8 Å². The molecule has 9 nitrogen and oxygen atoms in total. The first-order valence-corrected chi connectivity index (χ1v) is 9.36. The molecule has 9 heteroatoms. The van der Waals surface area contributed by atoms with Gasteiger partial charge in [-0.1, -0.05) is 0 Å². The first kappa shape index (κ1) is 20.8. The second-order valence-corrected chi connectivity index (χ2v) is 6.99. The summed E-state index contributed by atoms with van der Waals surface area (Å²) in [7, 11) is 6.05. The van der Waals surface area contributed by atoms with Crippen LogP contribution in [0, 0.1) is 6.92 Å². The van der Waals surface area contributed by atoms with Crippen molar-refractivity contribution in [1.82, 2.24) is 9.80 Å². The quantitative estimate of drug-likeness (QED) is 0.669. The molecule has 2 aliphatic heterocycles. The number of rotatable bonds is 5. The topological polar surface area (TPSA) is 94.6 Å². The standard InChI is InChI=1S/C20H26N2O7/c1-7-29-20(25)15-14-11(8-12-19(24)21(3)9-13(23)22(12)15)16(26-4)10(2)17(27-5)18(14)28-6/h12,15H,7-9H2,1-6H3/t12-,15-/m0/s1. The van der Waals surface area contributed by atoms with Gasteiger partial charge in [-0.05, 0) is 13.8 Å². The Morgan fingerprint density at radius 1 is 1.07 bits per heavy atom. The number of hydrogen-bond acceptors (Lipinski definition) is 7. The second-order valence-electron chi connectivity index (χ2n) is 6.99. The van der Waals surface area contributed by atoms with Gasteiger partial charge in [0.05, 0.1) is 34.5 Å². The summed E-state index contributed by atoms with van der Waals surface area (Å²) >= 11 is 0. The number of benzene rings is 1. The van der Waals surface area contributed by atoms with E-state index in [-0.39, 0.29) is 31.4 Å². The van der Waals surface area contributed by atoms with Crippen LogP contribution in [0.2, 0.25) is 0 Å². The fourth-order valence-electron chi connectivity index (χ4n) is 4.30. The van der Waals surface area contributed by atoms with Gasteiger partial charge in [0, 0.05) is 30.2 Å². The minimum absolute atomic E-state index is 0.108. The lowest BCUT2D eigenvalue weighted by atomic mass is 9.83. The van der Waals surface area contributed by atoms with Crippen molar-refractivity contribution < 1.29 is 33.3 Å². The van der Waals surface area contributed by atoms with E-state index in [1.54, 1.807) is 14.0 Å². The summed E-state index contributed by atoms with van der Waals surface area (Å²) in [5.74, 6) is 0.0381. The van der Waals surface area contributed by atoms with Crippen LogP contribution in [0.25, 0.3) is 0 Å². The van der Waals surface area contributed by atoms with Crippen LogP contribution in [-0.4, -0.2) is 75.2 Å². The van der Waals surface area contributed by atoms with Crippen molar-refractivity contribution >= 4 is 17.8 Å². The molecule has 1 fully saturated rings.